The summed E-state index contributed by atoms with van der Waals surface area (Å²) in [4.78, 5) is 10.2. The van der Waals surface area contributed by atoms with Gasteiger partial charge in [0.1, 0.15) is 17.0 Å². The highest BCUT2D eigenvalue weighted by Crippen LogP contribution is 2.43. The van der Waals surface area contributed by atoms with E-state index in [-0.39, 0.29) is 11.8 Å². The molecular formula is C57H39N3OS. The third-order valence-electron chi connectivity index (χ3n) is 12.5. The van der Waals surface area contributed by atoms with E-state index in [1.165, 1.54) is 31.3 Å². The number of allylic oxidation sites excluding steroid dienone is 3. The van der Waals surface area contributed by atoms with E-state index in [1.54, 1.807) is 0 Å². The summed E-state index contributed by atoms with van der Waals surface area (Å²) in [5.41, 5.74) is 18.7. The zero-order valence-corrected chi connectivity index (χ0v) is 34.5. The van der Waals surface area contributed by atoms with Gasteiger partial charge < -0.3 is 10.2 Å². The highest BCUT2D eigenvalue weighted by atomic mass is 32.1. The van der Waals surface area contributed by atoms with Crippen LogP contribution in [0.1, 0.15) is 28.2 Å². The van der Waals surface area contributed by atoms with Crippen molar-refractivity contribution in [2.45, 2.75) is 12.5 Å². The summed E-state index contributed by atoms with van der Waals surface area (Å²) in [6, 6.07) is 60.3. The maximum Gasteiger partial charge on any atom is 0.157 e. The molecule has 62 heavy (non-hydrogen) atoms. The maximum atomic E-state index is 6.99. The molecule has 12 rings (SSSR count). The maximum absolute atomic E-state index is 6.99. The number of furan rings is 1. The zero-order chi connectivity index (χ0) is 41.1. The first-order valence-corrected chi connectivity index (χ1v) is 21.9. The van der Waals surface area contributed by atoms with E-state index >= 15 is 0 Å². The highest BCUT2D eigenvalue weighted by molar-refractivity contribution is 7.25. The van der Waals surface area contributed by atoms with Crippen molar-refractivity contribution in [3.05, 3.63) is 222 Å². The van der Waals surface area contributed by atoms with Crippen LogP contribution in [0.5, 0.6) is 0 Å². The van der Waals surface area contributed by atoms with E-state index in [0.29, 0.717) is 18.2 Å². The Morgan fingerprint density at radius 3 is 2.31 bits per heavy atom. The number of rotatable bonds is 6. The summed E-state index contributed by atoms with van der Waals surface area (Å²) in [5, 5.41) is 6.96. The largest absolute Gasteiger partial charge is 0.456 e. The molecule has 2 N–H and O–H groups in total. The molecule has 5 heteroatoms. The first-order valence-electron chi connectivity index (χ1n) is 21.1. The summed E-state index contributed by atoms with van der Waals surface area (Å²) < 4.78 is 9.17. The Morgan fingerprint density at radius 2 is 1.37 bits per heavy atom. The van der Waals surface area contributed by atoms with Gasteiger partial charge in [0.2, 0.25) is 0 Å². The van der Waals surface area contributed by atoms with Gasteiger partial charge in [0.05, 0.1) is 6.54 Å². The van der Waals surface area contributed by atoms with Crippen LogP contribution < -0.4 is 5.73 Å². The van der Waals surface area contributed by atoms with E-state index in [4.69, 9.17) is 20.1 Å². The van der Waals surface area contributed by atoms with Crippen molar-refractivity contribution in [2.24, 2.45) is 21.6 Å². The molecule has 0 amide bonds. The number of thiophene rings is 1. The SMILES string of the molecule is NC(=NC(=NCc1ccccc1)C1=CC2c3ccccc3C=CC2C=C1)c1ccc2ccc(-c3cc(-c4ccc5sc6ccccc6c5c4)cc4oc5ccccc5c34)cc2c1. The molecule has 2 aliphatic carbocycles. The molecule has 2 heterocycles. The van der Waals surface area contributed by atoms with Gasteiger partial charge in [0.15, 0.2) is 5.84 Å². The van der Waals surface area contributed by atoms with E-state index in [0.717, 1.165) is 71.7 Å². The lowest BCUT2D eigenvalue weighted by Gasteiger charge is -2.29. The molecule has 0 bridgehead atoms. The van der Waals surface area contributed by atoms with Gasteiger partial charge in [-0.3, -0.25) is 4.99 Å². The van der Waals surface area contributed by atoms with Crippen molar-refractivity contribution in [3.8, 4) is 22.3 Å². The van der Waals surface area contributed by atoms with Crippen molar-refractivity contribution < 1.29 is 4.42 Å². The van der Waals surface area contributed by atoms with Gasteiger partial charge in [0, 0.05) is 53.9 Å². The van der Waals surface area contributed by atoms with Crippen molar-refractivity contribution in [1.82, 2.24) is 0 Å². The average molecular weight is 814 g/mol. The zero-order valence-electron chi connectivity index (χ0n) is 33.7. The number of hydrogen-bond donors (Lipinski definition) is 1. The normalized spacial score (nSPS) is 16.4. The summed E-state index contributed by atoms with van der Waals surface area (Å²) >= 11 is 1.84. The first kappa shape index (κ1) is 36.3. The highest BCUT2D eigenvalue weighted by Gasteiger charge is 2.27. The van der Waals surface area contributed by atoms with Gasteiger partial charge in [-0.05, 0) is 98.2 Å². The number of amidine groups is 2. The summed E-state index contributed by atoms with van der Waals surface area (Å²) in [5.74, 6) is 1.53. The van der Waals surface area contributed by atoms with E-state index in [2.05, 4.69) is 176 Å². The Balaban J connectivity index is 0.956. The molecule has 0 spiro atoms. The van der Waals surface area contributed by atoms with Crippen LogP contribution >= 0.6 is 11.3 Å². The lowest BCUT2D eigenvalue weighted by Crippen LogP contribution is -2.19. The number of aliphatic imine (C=N–C) groups is 2. The average Bonchev–Trinajstić information content (AvgIpc) is 3.90. The quantitative estimate of drug-likeness (QED) is 0.134. The number of nitrogens with two attached hydrogens (primary N) is 1. The number of nitrogens with zero attached hydrogens (tertiary/aromatic N) is 2. The molecule has 0 saturated heterocycles. The minimum Gasteiger partial charge on any atom is -0.456 e. The molecule has 0 aliphatic heterocycles. The van der Waals surface area contributed by atoms with E-state index < -0.39 is 0 Å². The fraction of sp³-hybridized carbons (Fsp3) is 0.0526. The lowest BCUT2D eigenvalue weighted by atomic mass is 9.76. The van der Waals surface area contributed by atoms with Crippen LogP contribution in [-0.2, 0) is 6.54 Å². The predicted molar refractivity (Wildman–Crippen MR) is 262 cm³/mol. The van der Waals surface area contributed by atoms with Gasteiger partial charge in [0.25, 0.3) is 0 Å². The summed E-state index contributed by atoms with van der Waals surface area (Å²) in [6.07, 6.45) is 11.3. The van der Waals surface area contributed by atoms with Crippen molar-refractivity contribution in [1.29, 1.82) is 0 Å². The van der Waals surface area contributed by atoms with Gasteiger partial charge in [-0.25, -0.2) is 4.99 Å². The Hall–Kier alpha value is -7.60. The predicted octanol–water partition coefficient (Wildman–Crippen LogP) is 14.7. The molecule has 2 unspecified atom stereocenters. The van der Waals surface area contributed by atoms with Gasteiger partial charge >= 0.3 is 0 Å². The van der Waals surface area contributed by atoms with Crippen molar-refractivity contribution in [3.63, 3.8) is 0 Å². The standard InChI is InChI=1S/C57H39N3OS/c58-56(60-57(59-34-35-10-2-1-3-11-35)42-25-22-38-21-20-37-12-4-5-13-45(37)48(38)31-42)41-24-19-36-18-23-40(28-43(36)29-41)49-32-44(33-52-55(49)47-15-6-8-16-51(47)61-52)39-26-27-54-50(30-39)46-14-7-9-17-53(46)62-54/h1-33,38,48H,34H2,(H2,58,59,60). The Kier molecular flexibility index (Phi) is 8.68. The van der Waals surface area contributed by atoms with Crippen LogP contribution in [0.2, 0.25) is 0 Å². The molecular weight excluding hydrogens is 775 g/mol. The fourth-order valence-electron chi connectivity index (χ4n) is 9.35. The molecule has 0 radical (unpaired) electrons. The minimum atomic E-state index is 0.198. The minimum absolute atomic E-state index is 0.198. The molecule has 2 aliphatic rings. The summed E-state index contributed by atoms with van der Waals surface area (Å²) in [7, 11) is 0. The monoisotopic (exact) mass is 813 g/mol. The molecule has 10 aromatic rings. The Labute approximate surface area is 363 Å². The van der Waals surface area contributed by atoms with Gasteiger partial charge in [-0.15, -0.1) is 11.3 Å². The number of benzene rings is 8. The van der Waals surface area contributed by atoms with Crippen LogP contribution in [-0.4, -0.2) is 11.7 Å². The number of para-hydroxylation sites is 1. The Bertz CT molecular complexity index is 3580. The second kappa shape index (κ2) is 14.8. The second-order valence-corrected chi connectivity index (χ2v) is 17.4. The van der Waals surface area contributed by atoms with Crippen molar-refractivity contribution >= 4 is 82.0 Å². The topological polar surface area (TPSA) is 63.9 Å². The summed E-state index contributed by atoms with van der Waals surface area (Å²) in [6.45, 7) is 0.498. The van der Waals surface area contributed by atoms with Crippen LogP contribution in [0.3, 0.4) is 0 Å². The van der Waals surface area contributed by atoms with Crippen molar-refractivity contribution in [2.75, 3.05) is 0 Å². The molecule has 0 saturated carbocycles. The van der Waals surface area contributed by atoms with E-state index in [1.807, 2.05) is 35.6 Å². The van der Waals surface area contributed by atoms with Gasteiger partial charge in [-0.1, -0.05) is 152 Å². The van der Waals surface area contributed by atoms with Crippen LogP contribution in [0.15, 0.2) is 214 Å². The molecule has 4 nitrogen and oxygen atoms in total. The Morgan fingerprint density at radius 1 is 0.597 bits per heavy atom. The smallest absolute Gasteiger partial charge is 0.157 e. The number of fused-ring (bicyclic) bond motifs is 10. The third-order valence-corrected chi connectivity index (χ3v) is 13.7. The second-order valence-electron chi connectivity index (χ2n) is 16.3. The molecule has 294 valence electrons. The lowest BCUT2D eigenvalue weighted by molar-refractivity contribution is 0.669. The van der Waals surface area contributed by atoms with Crippen LogP contribution in [0.25, 0.3) is 81.2 Å². The van der Waals surface area contributed by atoms with E-state index in [9.17, 15) is 0 Å². The molecule has 2 atom stereocenters. The molecule has 2 aromatic heterocycles. The first-order chi connectivity index (χ1) is 30.6. The van der Waals surface area contributed by atoms with Gasteiger partial charge in [-0.2, -0.15) is 0 Å². The molecule has 8 aromatic carbocycles. The van der Waals surface area contributed by atoms with Crippen LogP contribution in [0.4, 0.5) is 0 Å². The van der Waals surface area contributed by atoms with Crippen LogP contribution in [0, 0.1) is 5.92 Å². The molecule has 0 fully saturated rings. The third kappa shape index (κ3) is 6.37. The fourth-order valence-corrected chi connectivity index (χ4v) is 10.4. The number of hydrogen-bond acceptors (Lipinski definition) is 3.